The lowest BCUT2D eigenvalue weighted by Crippen LogP contribution is -2.47. The lowest BCUT2D eigenvalue weighted by atomic mass is 10.1. The highest BCUT2D eigenvalue weighted by Crippen LogP contribution is 2.15. The smallest absolute Gasteiger partial charge is 0.147 e. The fourth-order valence-corrected chi connectivity index (χ4v) is 3.42. The molecule has 0 saturated carbocycles. The summed E-state index contributed by atoms with van der Waals surface area (Å²) in [6.45, 7) is 5.20. The van der Waals surface area contributed by atoms with Crippen molar-refractivity contribution in [1.82, 2.24) is 9.80 Å². The second-order valence-electron chi connectivity index (χ2n) is 6.05. The van der Waals surface area contributed by atoms with Crippen LogP contribution in [0.15, 0.2) is 30.3 Å². The van der Waals surface area contributed by atoms with Crippen LogP contribution in [0.1, 0.15) is 18.1 Å². The van der Waals surface area contributed by atoms with Crippen LogP contribution in [0.3, 0.4) is 0 Å². The molecule has 1 aliphatic heterocycles. The zero-order valence-corrected chi connectivity index (χ0v) is 14.0. The van der Waals surface area contributed by atoms with E-state index in [9.17, 15) is 13.5 Å². The van der Waals surface area contributed by atoms with E-state index in [4.69, 9.17) is 0 Å². The molecule has 1 aliphatic rings. The van der Waals surface area contributed by atoms with Gasteiger partial charge in [0.15, 0.2) is 0 Å². The maximum atomic E-state index is 11.1. The van der Waals surface area contributed by atoms with E-state index in [1.54, 1.807) is 0 Å². The van der Waals surface area contributed by atoms with Gasteiger partial charge in [-0.2, -0.15) is 0 Å². The van der Waals surface area contributed by atoms with Gasteiger partial charge in [-0.05, 0) is 18.5 Å². The molecule has 6 heteroatoms. The van der Waals surface area contributed by atoms with Crippen LogP contribution in [0.2, 0.25) is 0 Å². The fraction of sp³-hybridized carbons (Fsp3) is 0.625. The molecule has 2 rings (SSSR count). The van der Waals surface area contributed by atoms with Crippen LogP contribution in [0.25, 0.3) is 0 Å². The molecule has 0 amide bonds. The zero-order valence-electron chi connectivity index (χ0n) is 13.2. The number of rotatable bonds is 7. The number of hydrogen-bond acceptors (Lipinski definition) is 5. The van der Waals surface area contributed by atoms with Gasteiger partial charge in [-0.15, -0.1) is 0 Å². The summed E-state index contributed by atoms with van der Waals surface area (Å²) < 4.78 is 22.3. The van der Waals surface area contributed by atoms with Gasteiger partial charge in [0.05, 0.1) is 11.9 Å². The maximum absolute atomic E-state index is 11.1. The van der Waals surface area contributed by atoms with Crippen molar-refractivity contribution in [1.29, 1.82) is 0 Å². The van der Waals surface area contributed by atoms with Crippen molar-refractivity contribution in [2.75, 3.05) is 51.3 Å². The molecule has 1 atom stereocenters. The number of hydrogen-bond donors (Lipinski definition) is 1. The van der Waals surface area contributed by atoms with Gasteiger partial charge in [0.25, 0.3) is 0 Å². The van der Waals surface area contributed by atoms with E-state index in [2.05, 4.69) is 9.80 Å². The summed E-state index contributed by atoms with van der Waals surface area (Å²) in [5, 5.41) is 10.2. The van der Waals surface area contributed by atoms with Gasteiger partial charge in [0.2, 0.25) is 0 Å². The molecule has 0 aromatic heterocycles. The normalized spacial score (nSPS) is 19.2. The number of benzene rings is 1. The minimum atomic E-state index is -2.85. The standard InChI is InChI=1S/C16H26N2O3S/c1-22(20,21)13-5-8-17-9-11-18(12-10-17)14-16(19)15-6-3-2-4-7-15/h2-4,6-7,16,19H,5,8-14H2,1H3/t16-/m0/s1. The molecule has 1 N–H and O–H groups in total. The van der Waals surface area contributed by atoms with Crippen molar-refractivity contribution in [3.8, 4) is 0 Å². The number of sulfone groups is 1. The first-order valence-electron chi connectivity index (χ1n) is 7.79. The van der Waals surface area contributed by atoms with Crippen molar-refractivity contribution in [3.05, 3.63) is 35.9 Å². The van der Waals surface area contributed by atoms with E-state index in [0.717, 1.165) is 38.3 Å². The molecule has 0 spiro atoms. The average molecular weight is 326 g/mol. The number of aliphatic hydroxyl groups is 1. The Hall–Kier alpha value is -0.950. The van der Waals surface area contributed by atoms with Gasteiger partial charge < -0.3 is 10.0 Å². The highest BCUT2D eigenvalue weighted by Gasteiger charge is 2.19. The topological polar surface area (TPSA) is 60.9 Å². The first-order valence-corrected chi connectivity index (χ1v) is 9.85. The SMILES string of the molecule is CS(=O)(=O)CCCN1CCN(C[C@H](O)c2ccccc2)CC1. The van der Waals surface area contributed by atoms with Crippen molar-refractivity contribution in [3.63, 3.8) is 0 Å². The molecular weight excluding hydrogens is 300 g/mol. The molecular formula is C16H26N2O3S. The van der Waals surface area contributed by atoms with Gasteiger partial charge in [-0.25, -0.2) is 8.42 Å². The predicted octanol–water partition coefficient (Wildman–Crippen LogP) is 0.772. The molecule has 124 valence electrons. The van der Waals surface area contributed by atoms with Gasteiger partial charge >= 0.3 is 0 Å². The van der Waals surface area contributed by atoms with Crippen molar-refractivity contribution in [2.45, 2.75) is 12.5 Å². The van der Waals surface area contributed by atoms with Crippen molar-refractivity contribution in [2.24, 2.45) is 0 Å². The van der Waals surface area contributed by atoms with E-state index in [0.29, 0.717) is 13.0 Å². The van der Waals surface area contributed by atoms with E-state index in [-0.39, 0.29) is 5.75 Å². The molecule has 5 nitrogen and oxygen atoms in total. The fourth-order valence-electron chi connectivity index (χ4n) is 2.77. The number of β-amino-alcohol motifs (C(OH)–C–C–N with tert-alkyl or cyclic N) is 1. The molecule has 1 aromatic carbocycles. The maximum Gasteiger partial charge on any atom is 0.147 e. The summed E-state index contributed by atoms with van der Waals surface area (Å²) in [5.41, 5.74) is 0.957. The van der Waals surface area contributed by atoms with Gasteiger partial charge in [0, 0.05) is 39.0 Å². The molecule has 1 aromatic rings. The Morgan fingerprint density at radius 2 is 1.68 bits per heavy atom. The Bertz CT molecular complexity index is 540. The Kier molecular flexibility index (Phi) is 6.37. The lowest BCUT2D eigenvalue weighted by Gasteiger charge is -2.35. The van der Waals surface area contributed by atoms with Gasteiger partial charge in [-0.3, -0.25) is 4.90 Å². The summed E-state index contributed by atoms with van der Waals surface area (Å²) in [6, 6.07) is 9.74. The Morgan fingerprint density at radius 1 is 1.09 bits per heavy atom. The summed E-state index contributed by atoms with van der Waals surface area (Å²) in [5.74, 6) is 0.264. The largest absolute Gasteiger partial charge is 0.387 e. The van der Waals surface area contributed by atoms with E-state index in [1.807, 2.05) is 30.3 Å². The third-order valence-corrected chi connectivity index (χ3v) is 5.10. The van der Waals surface area contributed by atoms with Crippen LogP contribution in [-0.2, 0) is 9.84 Å². The number of aliphatic hydroxyl groups excluding tert-OH is 1. The first kappa shape index (κ1) is 17.4. The minimum absolute atomic E-state index is 0.264. The molecule has 1 fully saturated rings. The molecule has 0 bridgehead atoms. The third-order valence-electron chi connectivity index (χ3n) is 4.07. The molecule has 1 saturated heterocycles. The van der Waals surface area contributed by atoms with E-state index >= 15 is 0 Å². The van der Waals surface area contributed by atoms with Crippen molar-refractivity contribution < 1.29 is 13.5 Å². The zero-order chi connectivity index (χ0) is 16.0. The summed E-state index contributed by atoms with van der Waals surface area (Å²) in [6.07, 6.45) is 1.54. The second kappa shape index (κ2) is 8.06. The number of nitrogens with zero attached hydrogens (tertiary/aromatic N) is 2. The number of piperazine rings is 1. The summed E-state index contributed by atoms with van der Waals surface area (Å²) in [7, 11) is -2.85. The van der Waals surface area contributed by atoms with E-state index < -0.39 is 15.9 Å². The minimum Gasteiger partial charge on any atom is -0.387 e. The van der Waals surface area contributed by atoms with Crippen LogP contribution in [0.4, 0.5) is 0 Å². The lowest BCUT2D eigenvalue weighted by molar-refractivity contribution is 0.0727. The van der Waals surface area contributed by atoms with E-state index in [1.165, 1.54) is 6.26 Å². The Morgan fingerprint density at radius 3 is 2.27 bits per heavy atom. The average Bonchev–Trinajstić information content (AvgIpc) is 2.49. The second-order valence-corrected chi connectivity index (χ2v) is 8.31. The van der Waals surface area contributed by atoms with Gasteiger partial charge in [-0.1, -0.05) is 30.3 Å². The molecule has 0 radical (unpaired) electrons. The molecule has 0 aliphatic carbocycles. The molecule has 0 unspecified atom stereocenters. The summed E-state index contributed by atoms with van der Waals surface area (Å²) >= 11 is 0. The monoisotopic (exact) mass is 326 g/mol. The van der Waals surface area contributed by atoms with Crippen LogP contribution < -0.4 is 0 Å². The van der Waals surface area contributed by atoms with Crippen LogP contribution in [0.5, 0.6) is 0 Å². The highest BCUT2D eigenvalue weighted by molar-refractivity contribution is 7.90. The Labute approximate surface area is 133 Å². The van der Waals surface area contributed by atoms with Crippen LogP contribution >= 0.6 is 0 Å². The van der Waals surface area contributed by atoms with Crippen LogP contribution in [0, 0.1) is 0 Å². The Balaban J connectivity index is 1.69. The van der Waals surface area contributed by atoms with Crippen LogP contribution in [-0.4, -0.2) is 74.6 Å². The predicted molar refractivity (Wildman–Crippen MR) is 88.6 cm³/mol. The first-order chi connectivity index (χ1) is 10.4. The molecule has 22 heavy (non-hydrogen) atoms. The van der Waals surface area contributed by atoms with Gasteiger partial charge in [0.1, 0.15) is 9.84 Å². The third kappa shape index (κ3) is 6.04. The highest BCUT2D eigenvalue weighted by atomic mass is 32.2. The quantitative estimate of drug-likeness (QED) is 0.802. The molecule has 1 heterocycles. The summed E-state index contributed by atoms with van der Waals surface area (Å²) in [4.78, 5) is 4.57. The van der Waals surface area contributed by atoms with Crippen molar-refractivity contribution >= 4 is 9.84 Å².